The van der Waals surface area contributed by atoms with Gasteiger partial charge in [0, 0.05) is 0 Å². The molecule has 0 atom stereocenters. The van der Waals surface area contributed by atoms with E-state index in [9.17, 15) is 29.0 Å². The second-order valence-corrected chi connectivity index (χ2v) is 4.75. The Hall–Kier alpha value is -3.10. The van der Waals surface area contributed by atoms with Gasteiger partial charge in [0.15, 0.2) is 0 Å². The summed E-state index contributed by atoms with van der Waals surface area (Å²) in [5, 5.41) is 21.5. The van der Waals surface area contributed by atoms with Crippen molar-refractivity contribution in [3.8, 4) is 11.5 Å². The molecular weight excluding hydrogens is 314 g/mol. The van der Waals surface area contributed by atoms with Crippen LogP contribution in [0.2, 0.25) is 0 Å². The Bertz CT molecular complexity index is 756. The van der Waals surface area contributed by atoms with E-state index < -0.39 is 32.9 Å². The molecule has 120 valence electrons. The lowest BCUT2D eigenvalue weighted by Crippen LogP contribution is -1.99. The molecule has 0 aliphatic rings. The van der Waals surface area contributed by atoms with Gasteiger partial charge in [-0.3, -0.25) is 20.2 Å². The molecule has 7 nitrogen and oxygen atoms in total. The molecule has 0 spiro atoms. The van der Waals surface area contributed by atoms with Gasteiger partial charge in [-0.1, -0.05) is 0 Å². The number of nitro groups is 2. The third-order valence-electron chi connectivity index (χ3n) is 3.10. The zero-order valence-electron chi connectivity index (χ0n) is 12.0. The first-order valence-corrected chi connectivity index (χ1v) is 6.27. The fourth-order valence-corrected chi connectivity index (χ4v) is 1.90. The molecule has 0 bridgehead atoms. The summed E-state index contributed by atoms with van der Waals surface area (Å²) in [6.45, 7) is 2.91. The van der Waals surface area contributed by atoms with Gasteiger partial charge in [-0.15, -0.1) is 0 Å². The Morgan fingerprint density at radius 3 is 1.48 bits per heavy atom. The van der Waals surface area contributed by atoms with Crippen LogP contribution in [-0.4, -0.2) is 9.85 Å². The van der Waals surface area contributed by atoms with Crippen LogP contribution in [-0.2, 0) is 0 Å². The zero-order valence-corrected chi connectivity index (χ0v) is 12.0. The van der Waals surface area contributed by atoms with Gasteiger partial charge in [-0.2, -0.15) is 8.78 Å². The molecule has 0 saturated heterocycles. The number of nitro benzene ring substituents is 2. The van der Waals surface area contributed by atoms with Crippen LogP contribution in [0.3, 0.4) is 0 Å². The summed E-state index contributed by atoms with van der Waals surface area (Å²) in [5.74, 6) is -2.16. The fraction of sp³-hybridized carbons (Fsp3) is 0.143. The second-order valence-electron chi connectivity index (χ2n) is 4.75. The Balaban J connectivity index is 2.51. The van der Waals surface area contributed by atoms with Crippen LogP contribution in [0.15, 0.2) is 24.3 Å². The minimum atomic E-state index is -1.03. The number of nitrogens with zero attached hydrogens (tertiary/aromatic N) is 2. The largest absolute Gasteiger partial charge is 0.456 e. The second kappa shape index (κ2) is 5.95. The van der Waals surface area contributed by atoms with Gasteiger partial charge in [0.2, 0.25) is 11.6 Å². The molecule has 0 unspecified atom stereocenters. The van der Waals surface area contributed by atoms with Gasteiger partial charge in [-0.05, 0) is 37.1 Å². The standard InChI is InChI=1S/C14H10F2N2O5/c1-7-3-9(15)11(17(19)20)5-13(7)23-14-6-12(18(21)22)10(16)4-8(14)2/h3-6H,1-2H3. The van der Waals surface area contributed by atoms with Crippen molar-refractivity contribution in [1.82, 2.24) is 0 Å². The SMILES string of the molecule is Cc1cc(F)c([N+](=O)[O-])cc1Oc1cc([N+](=O)[O-])c(F)cc1C. The Kier molecular flexibility index (Phi) is 4.21. The number of ether oxygens (including phenoxy) is 1. The highest BCUT2D eigenvalue weighted by molar-refractivity contribution is 5.50. The molecule has 0 aliphatic heterocycles. The van der Waals surface area contributed by atoms with E-state index in [0.29, 0.717) is 0 Å². The van der Waals surface area contributed by atoms with Crippen LogP contribution in [0.5, 0.6) is 11.5 Å². The number of benzene rings is 2. The summed E-state index contributed by atoms with van der Waals surface area (Å²) in [7, 11) is 0. The molecule has 0 heterocycles. The van der Waals surface area contributed by atoms with Crippen molar-refractivity contribution < 1.29 is 23.4 Å². The summed E-state index contributed by atoms with van der Waals surface area (Å²) in [6, 6.07) is 3.58. The molecule has 2 aromatic carbocycles. The average Bonchev–Trinajstić information content (AvgIpc) is 2.43. The van der Waals surface area contributed by atoms with E-state index in [2.05, 4.69) is 0 Å². The quantitative estimate of drug-likeness (QED) is 0.620. The summed E-state index contributed by atoms with van der Waals surface area (Å²) in [6.07, 6.45) is 0. The predicted octanol–water partition coefficient (Wildman–Crippen LogP) is 4.19. The average molecular weight is 324 g/mol. The maximum Gasteiger partial charge on any atom is 0.308 e. The minimum absolute atomic E-state index is 0.0536. The Morgan fingerprint density at radius 1 is 0.826 bits per heavy atom. The molecule has 2 rings (SSSR count). The summed E-state index contributed by atoms with van der Waals surface area (Å²) in [4.78, 5) is 19.7. The van der Waals surface area contributed by atoms with Crippen molar-refractivity contribution >= 4 is 11.4 Å². The molecule has 0 amide bonds. The molecule has 0 N–H and O–H groups in total. The van der Waals surface area contributed by atoms with Crippen LogP contribution in [0, 0.1) is 45.7 Å². The van der Waals surface area contributed by atoms with Crippen molar-refractivity contribution in [2.24, 2.45) is 0 Å². The van der Waals surface area contributed by atoms with Crippen molar-refractivity contribution in [2.45, 2.75) is 13.8 Å². The van der Waals surface area contributed by atoms with E-state index in [1.165, 1.54) is 13.8 Å². The number of hydrogen-bond acceptors (Lipinski definition) is 5. The third kappa shape index (κ3) is 3.23. The summed E-state index contributed by atoms with van der Waals surface area (Å²) < 4.78 is 32.4. The highest BCUT2D eigenvalue weighted by Gasteiger charge is 2.21. The van der Waals surface area contributed by atoms with Crippen LogP contribution >= 0.6 is 0 Å². The number of halogens is 2. The van der Waals surface area contributed by atoms with Crippen molar-refractivity contribution in [3.05, 3.63) is 67.3 Å². The molecule has 0 saturated carbocycles. The van der Waals surface area contributed by atoms with E-state index >= 15 is 0 Å². The van der Waals surface area contributed by atoms with Crippen LogP contribution in [0.1, 0.15) is 11.1 Å². The first-order chi connectivity index (χ1) is 10.7. The molecule has 0 fully saturated rings. The van der Waals surface area contributed by atoms with Crippen LogP contribution in [0.4, 0.5) is 20.2 Å². The van der Waals surface area contributed by atoms with E-state index in [1.54, 1.807) is 0 Å². The molecule has 2 aromatic rings. The fourth-order valence-electron chi connectivity index (χ4n) is 1.90. The monoisotopic (exact) mass is 324 g/mol. The van der Waals surface area contributed by atoms with E-state index in [0.717, 1.165) is 24.3 Å². The topological polar surface area (TPSA) is 95.5 Å². The lowest BCUT2D eigenvalue weighted by Gasteiger charge is -2.11. The normalized spacial score (nSPS) is 10.4. The van der Waals surface area contributed by atoms with Gasteiger partial charge >= 0.3 is 11.4 Å². The lowest BCUT2D eigenvalue weighted by atomic mass is 10.1. The molecule has 23 heavy (non-hydrogen) atoms. The van der Waals surface area contributed by atoms with Crippen molar-refractivity contribution in [3.63, 3.8) is 0 Å². The molecule has 9 heteroatoms. The molecule has 0 aromatic heterocycles. The summed E-state index contributed by atoms with van der Waals surface area (Å²) in [5.41, 5.74) is -1.08. The third-order valence-corrected chi connectivity index (χ3v) is 3.10. The van der Waals surface area contributed by atoms with Gasteiger partial charge in [0.05, 0.1) is 22.0 Å². The van der Waals surface area contributed by atoms with Crippen LogP contribution in [0.25, 0.3) is 0 Å². The van der Waals surface area contributed by atoms with E-state index in [1.807, 2.05) is 0 Å². The lowest BCUT2D eigenvalue weighted by molar-refractivity contribution is -0.387. The number of aryl methyl sites for hydroxylation is 2. The number of hydrogen-bond donors (Lipinski definition) is 0. The van der Waals surface area contributed by atoms with Crippen molar-refractivity contribution in [1.29, 1.82) is 0 Å². The van der Waals surface area contributed by atoms with Gasteiger partial charge in [0.1, 0.15) is 11.5 Å². The highest BCUT2D eigenvalue weighted by Crippen LogP contribution is 2.35. The molecular formula is C14H10F2N2O5. The van der Waals surface area contributed by atoms with Crippen LogP contribution < -0.4 is 4.74 Å². The zero-order chi connectivity index (χ0) is 17.3. The Morgan fingerprint density at radius 2 is 1.17 bits per heavy atom. The predicted molar refractivity (Wildman–Crippen MR) is 75.7 cm³/mol. The minimum Gasteiger partial charge on any atom is -0.456 e. The first-order valence-electron chi connectivity index (χ1n) is 6.27. The van der Waals surface area contributed by atoms with Gasteiger partial charge in [-0.25, -0.2) is 0 Å². The van der Waals surface area contributed by atoms with E-state index in [-0.39, 0.29) is 22.6 Å². The Labute approximate surface area is 128 Å². The maximum atomic E-state index is 13.5. The highest BCUT2D eigenvalue weighted by atomic mass is 19.1. The van der Waals surface area contributed by atoms with E-state index in [4.69, 9.17) is 4.74 Å². The maximum absolute atomic E-state index is 13.5. The van der Waals surface area contributed by atoms with Gasteiger partial charge < -0.3 is 4.74 Å². The van der Waals surface area contributed by atoms with Crippen molar-refractivity contribution in [2.75, 3.05) is 0 Å². The number of rotatable bonds is 4. The molecule has 0 radical (unpaired) electrons. The summed E-state index contributed by atoms with van der Waals surface area (Å²) >= 11 is 0. The van der Waals surface area contributed by atoms with Gasteiger partial charge in [0.25, 0.3) is 0 Å². The smallest absolute Gasteiger partial charge is 0.308 e. The first kappa shape index (κ1) is 16.3. The molecule has 0 aliphatic carbocycles.